The second-order valence-electron chi connectivity index (χ2n) is 2.29. The maximum atomic E-state index is 12.6. The van der Waals surface area contributed by atoms with Crippen LogP contribution in [-0.4, -0.2) is 9.85 Å². The lowest BCUT2D eigenvalue weighted by Crippen LogP contribution is -2.03. The first-order chi connectivity index (χ1) is 6.43. The van der Waals surface area contributed by atoms with Crippen LogP contribution in [-0.2, 0) is 0 Å². The van der Waals surface area contributed by atoms with Crippen molar-refractivity contribution in [1.29, 1.82) is 0 Å². The zero-order valence-corrected chi connectivity index (χ0v) is 6.47. The van der Waals surface area contributed by atoms with Gasteiger partial charge in [-0.25, -0.2) is 4.39 Å². The van der Waals surface area contributed by atoms with Gasteiger partial charge in [0.15, 0.2) is 0 Å². The van der Waals surface area contributed by atoms with Crippen LogP contribution in [0, 0.1) is 26.0 Å². The molecule has 74 valence electrons. The normalized spacial score (nSPS) is 9.79. The molecule has 7 nitrogen and oxygen atoms in total. The van der Waals surface area contributed by atoms with Gasteiger partial charge in [0.1, 0.15) is 5.82 Å². The second kappa shape index (κ2) is 3.24. The number of hydrogen-bond acceptors (Lipinski definition) is 5. The molecule has 0 N–H and O–H groups in total. The zero-order valence-electron chi connectivity index (χ0n) is 6.47. The first kappa shape index (κ1) is 9.84. The molecule has 14 heavy (non-hydrogen) atoms. The summed E-state index contributed by atoms with van der Waals surface area (Å²) >= 11 is 0. The summed E-state index contributed by atoms with van der Waals surface area (Å²) in [6, 6.07) is 0.685. The molecule has 0 saturated carbocycles. The van der Waals surface area contributed by atoms with Gasteiger partial charge in [0.2, 0.25) is 0 Å². The van der Waals surface area contributed by atoms with Crippen molar-refractivity contribution in [3.05, 3.63) is 38.2 Å². The highest BCUT2D eigenvalue weighted by atomic mass is 19.1. The molecule has 1 rings (SSSR count). The number of nitro groups is 2. The molecule has 0 saturated heterocycles. The van der Waals surface area contributed by atoms with Gasteiger partial charge in [-0.2, -0.15) is 0 Å². The van der Waals surface area contributed by atoms with Gasteiger partial charge in [-0.05, 0) is 0 Å². The van der Waals surface area contributed by atoms with Crippen LogP contribution >= 0.6 is 0 Å². The summed E-state index contributed by atoms with van der Waals surface area (Å²) in [7, 11) is 0. The van der Waals surface area contributed by atoms with Gasteiger partial charge < -0.3 is 5.11 Å². The summed E-state index contributed by atoms with van der Waals surface area (Å²) in [6.45, 7) is 0. The maximum absolute atomic E-state index is 12.6. The molecular formula is C6H2FN2O5-. The molecule has 0 aromatic heterocycles. The molecule has 0 spiro atoms. The van der Waals surface area contributed by atoms with Crippen LogP contribution in [0.1, 0.15) is 0 Å². The predicted molar refractivity (Wildman–Crippen MR) is 39.2 cm³/mol. The lowest BCUT2D eigenvalue weighted by molar-refractivity contribution is -0.416. The van der Waals surface area contributed by atoms with E-state index in [1.807, 2.05) is 0 Å². The molecule has 1 aromatic carbocycles. The van der Waals surface area contributed by atoms with Gasteiger partial charge in [0.05, 0.1) is 27.7 Å². The van der Waals surface area contributed by atoms with E-state index in [0.29, 0.717) is 12.1 Å². The van der Waals surface area contributed by atoms with Crippen molar-refractivity contribution in [3.63, 3.8) is 0 Å². The largest absolute Gasteiger partial charge is 0.863 e. The summed E-state index contributed by atoms with van der Waals surface area (Å²) in [6.07, 6.45) is 0. The third-order valence-corrected chi connectivity index (χ3v) is 1.41. The van der Waals surface area contributed by atoms with E-state index in [1.54, 1.807) is 0 Å². The van der Waals surface area contributed by atoms with Gasteiger partial charge in [-0.3, -0.25) is 20.2 Å². The van der Waals surface area contributed by atoms with E-state index < -0.39 is 32.8 Å². The van der Waals surface area contributed by atoms with Crippen molar-refractivity contribution in [1.82, 2.24) is 0 Å². The predicted octanol–water partition coefficient (Wildman–Crippen LogP) is 0.716. The summed E-state index contributed by atoms with van der Waals surface area (Å²) in [5.41, 5.74) is -2.28. The van der Waals surface area contributed by atoms with Crippen LogP contribution in [0.5, 0.6) is 5.75 Å². The Bertz CT molecular complexity index is 384. The summed E-state index contributed by atoms with van der Waals surface area (Å²) in [5.74, 6) is -2.59. The van der Waals surface area contributed by atoms with E-state index in [4.69, 9.17) is 0 Å². The fourth-order valence-electron chi connectivity index (χ4n) is 0.836. The van der Waals surface area contributed by atoms with Crippen LogP contribution < -0.4 is 5.11 Å². The topological polar surface area (TPSA) is 109 Å². The number of halogens is 1. The monoisotopic (exact) mass is 201 g/mol. The average Bonchev–Trinajstić information content (AvgIpc) is 2.07. The Hall–Kier alpha value is -2.25. The van der Waals surface area contributed by atoms with E-state index in [0.717, 1.165) is 0 Å². The van der Waals surface area contributed by atoms with Crippen molar-refractivity contribution < 1.29 is 19.3 Å². The second-order valence-corrected chi connectivity index (χ2v) is 2.29. The lowest BCUT2D eigenvalue weighted by Gasteiger charge is -2.06. The maximum Gasteiger partial charge on any atom is 0.271 e. The van der Waals surface area contributed by atoms with Crippen molar-refractivity contribution >= 4 is 11.4 Å². The number of rotatable bonds is 2. The van der Waals surface area contributed by atoms with Gasteiger partial charge in [-0.15, -0.1) is 0 Å². The molecule has 0 amide bonds. The van der Waals surface area contributed by atoms with Crippen molar-refractivity contribution in [2.45, 2.75) is 0 Å². The molecule has 0 heterocycles. The van der Waals surface area contributed by atoms with Gasteiger partial charge in [0.25, 0.3) is 11.4 Å². The molecule has 0 aliphatic rings. The van der Waals surface area contributed by atoms with Crippen molar-refractivity contribution in [3.8, 4) is 5.75 Å². The minimum Gasteiger partial charge on any atom is -0.863 e. The van der Waals surface area contributed by atoms with Gasteiger partial charge in [-0.1, -0.05) is 0 Å². The Labute approximate surface area is 75.7 Å². The summed E-state index contributed by atoms with van der Waals surface area (Å²) in [4.78, 5) is 18.0. The third kappa shape index (κ3) is 1.58. The first-order valence-corrected chi connectivity index (χ1v) is 3.23. The summed E-state index contributed by atoms with van der Waals surface area (Å²) < 4.78 is 12.6. The Morgan fingerprint density at radius 3 is 1.71 bits per heavy atom. The molecule has 0 unspecified atom stereocenters. The Morgan fingerprint density at radius 2 is 1.43 bits per heavy atom. The van der Waals surface area contributed by atoms with Gasteiger partial charge in [0, 0.05) is 0 Å². The van der Waals surface area contributed by atoms with E-state index >= 15 is 0 Å². The minimum absolute atomic E-state index is 0.343. The van der Waals surface area contributed by atoms with Crippen molar-refractivity contribution in [2.75, 3.05) is 0 Å². The average molecular weight is 201 g/mol. The van der Waals surface area contributed by atoms with Crippen molar-refractivity contribution in [2.24, 2.45) is 0 Å². The Morgan fingerprint density at radius 1 is 1.07 bits per heavy atom. The highest BCUT2D eigenvalue weighted by Gasteiger charge is 2.19. The molecule has 0 aliphatic heterocycles. The molecule has 1 aromatic rings. The van der Waals surface area contributed by atoms with Gasteiger partial charge >= 0.3 is 0 Å². The fourth-order valence-corrected chi connectivity index (χ4v) is 0.836. The molecule has 0 radical (unpaired) electrons. The lowest BCUT2D eigenvalue weighted by atomic mass is 10.2. The smallest absolute Gasteiger partial charge is 0.271 e. The van der Waals surface area contributed by atoms with E-state index in [2.05, 4.69) is 0 Å². The fraction of sp³-hybridized carbons (Fsp3) is 0. The van der Waals surface area contributed by atoms with E-state index in [-0.39, 0.29) is 0 Å². The van der Waals surface area contributed by atoms with Crippen LogP contribution in [0.2, 0.25) is 0 Å². The Kier molecular flexibility index (Phi) is 2.28. The number of benzene rings is 1. The van der Waals surface area contributed by atoms with Crippen LogP contribution in [0.25, 0.3) is 0 Å². The van der Waals surface area contributed by atoms with Crippen LogP contribution in [0.3, 0.4) is 0 Å². The molecule has 8 heteroatoms. The molecular weight excluding hydrogens is 199 g/mol. The highest BCUT2D eigenvalue weighted by Crippen LogP contribution is 2.33. The Balaban J connectivity index is 3.47. The minimum atomic E-state index is -1.40. The molecule has 0 bridgehead atoms. The zero-order chi connectivity index (χ0) is 10.9. The number of hydrogen-bond donors (Lipinski definition) is 0. The first-order valence-electron chi connectivity index (χ1n) is 3.23. The molecule has 0 atom stereocenters. The van der Waals surface area contributed by atoms with Crippen LogP contribution in [0.4, 0.5) is 15.8 Å². The highest BCUT2D eigenvalue weighted by molar-refractivity contribution is 5.58. The van der Waals surface area contributed by atoms with E-state index in [1.165, 1.54) is 0 Å². The van der Waals surface area contributed by atoms with Crippen LogP contribution in [0.15, 0.2) is 12.1 Å². The van der Waals surface area contributed by atoms with E-state index in [9.17, 15) is 29.7 Å². The molecule has 0 fully saturated rings. The standard InChI is InChI=1S/C6H3FN2O5/c7-3-1-4(8(11)12)6(10)5(2-3)9(13)14/h1-2,10H/p-1. The quantitative estimate of drug-likeness (QED) is 0.517. The SMILES string of the molecule is O=[N+]([O-])c1cc(F)cc([N+](=O)[O-])c1[O-]. The number of nitro benzene ring substituents is 2. The summed E-state index contributed by atoms with van der Waals surface area (Å²) in [5, 5.41) is 31.3. The molecule has 0 aliphatic carbocycles. The third-order valence-electron chi connectivity index (χ3n) is 1.41. The number of nitrogens with zero attached hydrogens (tertiary/aromatic N) is 2.